The molecular weight excluding hydrogens is 188 g/mol. The summed E-state index contributed by atoms with van der Waals surface area (Å²) in [7, 11) is 1.66. The minimum absolute atomic E-state index is 0.127. The third kappa shape index (κ3) is 3.33. The molecule has 2 heteroatoms. The van der Waals surface area contributed by atoms with Gasteiger partial charge >= 0.3 is 0 Å². The number of rotatable bonds is 5. The van der Waals surface area contributed by atoms with Crippen LogP contribution in [-0.4, -0.2) is 18.8 Å². The third-order valence-electron chi connectivity index (χ3n) is 2.70. The molecule has 2 atom stereocenters. The molecule has 1 aromatic rings. The number of aryl methyl sites for hydroxylation is 1. The van der Waals surface area contributed by atoms with Gasteiger partial charge in [0, 0.05) is 13.0 Å². The Morgan fingerprint density at radius 2 is 1.87 bits per heavy atom. The van der Waals surface area contributed by atoms with Gasteiger partial charge in [-0.1, -0.05) is 38.1 Å². The second-order valence-electron chi connectivity index (χ2n) is 3.97. The van der Waals surface area contributed by atoms with Crippen LogP contribution >= 0.6 is 0 Å². The molecule has 1 aromatic carbocycles. The molecule has 0 bridgehead atoms. The molecule has 0 fully saturated rings. The van der Waals surface area contributed by atoms with Crippen LogP contribution in [0.4, 0.5) is 0 Å². The number of ether oxygens (including phenoxy) is 1. The highest BCUT2D eigenvalue weighted by atomic mass is 16.5. The van der Waals surface area contributed by atoms with E-state index in [-0.39, 0.29) is 5.92 Å². The maximum Gasteiger partial charge on any atom is 0.0837 e. The standard InChI is InChI=1S/C13H20O2/c1-4-11-5-7-12(8-6-11)13(14)10(2)9-15-3/h5-8,10,13-14H,4,9H2,1-3H3. The van der Waals surface area contributed by atoms with Crippen LogP contribution in [0.15, 0.2) is 24.3 Å². The van der Waals surface area contributed by atoms with E-state index in [9.17, 15) is 5.11 Å². The van der Waals surface area contributed by atoms with E-state index in [0.717, 1.165) is 12.0 Å². The van der Waals surface area contributed by atoms with Crippen molar-refractivity contribution >= 4 is 0 Å². The second-order valence-corrected chi connectivity index (χ2v) is 3.97. The minimum atomic E-state index is -0.434. The fraction of sp³-hybridized carbons (Fsp3) is 0.538. The smallest absolute Gasteiger partial charge is 0.0837 e. The van der Waals surface area contributed by atoms with Crippen molar-refractivity contribution in [1.29, 1.82) is 0 Å². The first-order valence-corrected chi connectivity index (χ1v) is 5.44. The monoisotopic (exact) mass is 208 g/mol. The van der Waals surface area contributed by atoms with Crippen LogP contribution in [0.5, 0.6) is 0 Å². The topological polar surface area (TPSA) is 29.5 Å². The van der Waals surface area contributed by atoms with E-state index in [0.29, 0.717) is 6.61 Å². The van der Waals surface area contributed by atoms with Crippen molar-refractivity contribution in [3.63, 3.8) is 0 Å². The lowest BCUT2D eigenvalue weighted by Crippen LogP contribution is -2.14. The predicted molar refractivity (Wildman–Crippen MR) is 61.8 cm³/mol. The summed E-state index contributed by atoms with van der Waals surface area (Å²) in [6.07, 6.45) is 0.597. The molecule has 0 radical (unpaired) electrons. The quantitative estimate of drug-likeness (QED) is 0.806. The van der Waals surface area contributed by atoms with Gasteiger partial charge in [-0.25, -0.2) is 0 Å². The van der Waals surface area contributed by atoms with Crippen molar-refractivity contribution in [3.05, 3.63) is 35.4 Å². The average Bonchev–Trinajstić information content (AvgIpc) is 2.28. The van der Waals surface area contributed by atoms with Crippen LogP contribution in [0.3, 0.4) is 0 Å². The van der Waals surface area contributed by atoms with Crippen LogP contribution in [0.25, 0.3) is 0 Å². The van der Waals surface area contributed by atoms with Crippen LogP contribution in [0.1, 0.15) is 31.1 Å². The van der Waals surface area contributed by atoms with Gasteiger partial charge in [-0.3, -0.25) is 0 Å². The Morgan fingerprint density at radius 3 is 2.33 bits per heavy atom. The van der Waals surface area contributed by atoms with Crippen LogP contribution < -0.4 is 0 Å². The Morgan fingerprint density at radius 1 is 1.27 bits per heavy atom. The number of methoxy groups -OCH3 is 1. The van der Waals surface area contributed by atoms with E-state index in [2.05, 4.69) is 19.1 Å². The fourth-order valence-corrected chi connectivity index (χ4v) is 1.63. The first-order chi connectivity index (χ1) is 7.19. The number of hydrogen-bond donors (Lipinski definition) is 1. The van der Waals surface area contributed by atoms with Crippen LogP contribution in [0, 0.1) is 5.92 Å². The van der Waals surface area contributed by atoms with E-state index >= 15 is 0 Å². The minimum Gasteiger partial charge on any atom is -0.388 e. The molecule has 0 aliphatic carbocycles. The summed E-state index contributed by atoms with van der Waals surface area (Å²) < 4.78 is 5.03. The molecule has 0 saturated carbocycles. The van der Waals surface area contributed by atoms with E-state index < -0.39 is 6.10 Å². The molecule has 0 aliphatic heterocycles. The summed E-state index contributed by atoms with van der Waals surface area (Å²) in [6, 6.07) is 8.13. The van der Waals surface area contributed by atoms with Crippen molar-refractivity contribution < 1.29 is 9.84 Å². The Bertz CT molecular complexity index is 279. The highest BCUT2D eigenvalue weighted by molar-refractivity contribution is 5.24. The molecule has 0 saturated heterocycles. The van der Waals surface area contributed by atoms with Gasteiger partial charge in [-0.2, -0.15) is 0 Å². The zero-order chi connectivity index (χ0) is 11.3. The molecule has 84 valence electrons. The molecule has 1 rings (SSSR count). The summed E-state index contributed by atoms with van der Waals surface area (Å²) in [4.78, 5) is 0. The first kappa shape index (κ1) is 12.2. The number of benzene rings is 1. The molecular formula is C13H20O2. The lowest BCUT2D eigenvalue weighted by molar-refractivity contribution is 0.0566. The van der Waals surface area contributed by atoms with E-state index in [1.807, 2.05) is 19.1 Å². The summed E-state index contributed by atoms with van der Waals surface area (Å²) in [6.45, 7) is 4.69. The zero-order valence-corrected chi connectivity index (χ0v) is 9.73. The molecule has 0 aromatic heterocycles. The Balaban J connectivity index is 2.69. The zero-order valence-electron chi connectivity index (χ0n) is 9.73. The Kier molecular flexibility index (Phi) is 4.79. The lowest BCUT2D eigenvalue weighted by atomic mass is 9.97. The van der Waals surface area contributed by atoms with Gasteiger partial charge in [0.05, 0.1) is 12.7 Å². The van der Waals surface area contributed by atoms with Crippen molar-refractivity contribution in [1.82, 2.24) is 0 Å². The maximum atomic E-state index is 10.0. The van der Waals surface area contributed by atoms with E-state index in [4.69, 9.17) is 4.74 Å². The van der Waals surface area contributed by atoms with Gasteiger partial charge in [0.2, 0.25) is 0 Å². The highest BCUT2D eigenvalue weighted by Gasteiger charge is 2.15. The van der Waals surface area contributed by atoms with Gasteiger partial charge in [-0.15, -0.1) is 0 Å². The van der Waals surface area contributed by atoms with Gasteiger partial charge in [0.25, 0.3) is 0 Å². The summed E-state index contributed by atoms with van der Waals surface area (Å²) in [5, 5.41) is 10.0. The molecule has 0 heterocycles. The van der Waals surface area contributed by atoms with Crippen molar-refractivity contribution in [3.8, 4) is 0 Å². The molecule has 2 unspecified atom stereocenters. The molecule has 0 aliphatic rings. The lowest BCUT2D eigenvalue weighted by Gasteiger charge is -2.18. The molecule has 2 nitrogen and oxygen atoms in total. The summed E-state index contributed by atoms with van der Waals surface area (Å²) in [5.74, 6) is 0.127. The predicted octanol–water partition coefficient (Wildman–Crippen LogP) is 2.56. The van der Waals surface area contributed by atoms with E-state index in [1.165, 1.54) is 5.56 Å². The van der Waals surface area contributed by atoms with E-state index in [1.54, 1.807) is 7.11 Å². The number of hydrogen-bond acceptors (Lipinski definition) is 2. The number of aliphatic hydroxyl groups is 1. The first-order valence-electron chi connectivity index (χ1n) is 5.44. The largest absolute Gasteiger partial charge is 0.388 e. The molecule has 0 spiro atoms. The van der Waals surface area contributed by atoms with Crippen molar-refractivity contribution in [2.24, 2.45) is 5.92 Å². The highest BCUT2D eigenvalue weighted by Crippen LogP contribution is 2.22. The van der Waals surface area contributed by atoms with Gasteiger partial charge in [0.15, 0.2) is 0 Å². The molecule has 15 heavy (non-hydrogen) atoms. The van der Waals surface area contributed by atoms with Gasteiger partial charge in [-0.05, 0) is 17.5 Å². The van der Waals surface area contributed by atoms with Crippen LogP contribution in [-0.2, 0) is 11.2 Å². The number of aliphatic hydroxyl groups excluding tert-OH is 1. The molecule has 0 amide bonds. The summed E-state index contributed by atoms with van der Waals surface area (Å²) >= 11 is 0. The Labute approximate surface area is 91.9 Å². The summed E-state index contributed by atoms with van der Waals surface area (Å²) in [5.41, 5.74) is 2.27. The normalized spacial score (nSPS) is 14.9. The average molecular weight is 208 g/mol. The van der Waals surface area contributed by atoms with Crippen molar-refractivity contribution in [2.75, 3.05) is 13.7 Å². The third-order valence-corrected chi connectivity index (χ3v) is 2.70. The maximum absolute atomic E-state index is 10.0. The van der Waals surface area contributed by atoms with Crippen LogP contribution in [0.2, 0.25) is 0 Å². The van der Waals surface area contributed by atoms with Gasteiger partial charge < -0.3 is 9.84 Å². The van der Waals surface area contributed by atoms with Crippen molar-refractivity contribution in [2.45, 2.75) is 26.4 Å². The SMILES string of the molecule is CCc1ccc(C(O)C(C)COC)cc1. The fourth-order valence-electron chi connectivity index (χ4n) is 1.63. The second kappa shape index (κ2) is 5.89. The van der Waals surface area contributed by atoms with Gasteiger partial charge in [0.1, 0.15) is 0 Å². The molecule has 1 N–H and O–H groups in total. The Hall–Kier alpha value is -0.860.